The molecule has 0 unspecified atom stereocenters. The number of carbonyl (C=O) groups excluding carboxylic acids is 3. The molecular formula is C19H25NO7. The van der Waals surface area contributed by atoms with Crippen LogP contribution in [0.5, 0.6) is 11.5 Å². The topological polar surface area (TPSA) is 100 Å². The lowest BCUT2D eigenvalue weighted by Gasteiger charge is -2.07. The normalized spacial score (nSPS) is 10.3. The summed E-state index contributed by atoms with van der Waals surface area (Å²) < 4.78 is 20.0. The summed E-state index contributed by atoms with van der Waals surface area (Å²) in [5.74, 6) is -0.238. The first-order valence-corrected chi connectivity index (χ1v) is 8.49. The van der Waals surface area contributed by atoms with Crippen molar-refractivity contribution in [1.82, 2.24) is 5.32 Å². The number of hydrogen-bond donors (Lipinski definition) is 1. The Hall–Kier alpha value is -3.03. The Morgan fingerprint density at radius 1 is 1.11 bits per heavy atom. The van der Waals surface area contributed by atoms with Crippen LogP contribution in [0.2, 0.25) is 0 Å². The molecule has 0 saturated heterocycles. The third kappa shape index (κ3) is 8.75. The van der Waals surface area contributed by atoms with E-state index in [2.05, 4.69) is 5.32 Å². The first kappa shape index (κ1) is 22.0. The first-order chi connectivity index (χ1) is 13.0. The molecule has 0 aromatic heterocycles. The lowest BCUT2D eigenvalue weighted by molar-refractivity contribution is -0.143. The van der Waals surface area contributed by atoms with E-state index in [9.17, 15) is 14.4 Å². The van der Waals surface area contributed by atoms with Crippen molar-refractivity contribution in [3.63, 3.8) is 0 Å². The molecule has 0 saturated carbocycles. The number of esters is 2. The van der Waals surface area contributed by atoms with E-state index in [1.54, 1.807) is 32.2 Å². The fourth-order valence-corrected chi connectivity index (χ4v) is 2.04. The molecule has 1 N–H and O–H groups in total. The highest BCUT2D eigenvalue weighted by Gasteiger charge is 2.07. The highest BCUT2D eigenvalue weighted by atomic mass is 16.5. The molecule has 1 rings (SSSR count). The maximum absolute atomic E-state index is 11.7. The van der Waals surface area contributed by atoms with Gasteiger partial charge in [0, 0.05) is 30.7 Å². The Labute approximate surface area is 158 Å². The molecular weight excluding hydrogens is 354 g/mol. The largest absolute Gasteiger partial charge is 0.497 e. The number of methoxy groups -OCH3 is 2. The molecule has 148 valence electrons. The van der Waals surface area contributed by atoms with Crippen LogP contribution >= 0.6 is 0 Å². The summed E-state index contributed by atoms with van der Waals surface area (Å²) in [6, 6.07) is 5.16. The van der Waals surface area contributed by atoms with E-state index in [4.69, 9.17) is 18.9 Å². The van der Waals surface area contributed by atoms with E-state index in [1.807, 2.05) is 0 Å². The smallest absolute Gasteiger partial charge is 0.331 e. The zero-order valence-corrected chi connectivity index (χ0v) is 15.8. The average molecular weight is 379 g/mol. The molecule has 0 atom stereocenters. The van der Waals surface area contributed by atoms with Crippen molar-refractivity contribution in [3.8, 4) is 11.5 Å². The van der Waals surface area contributed by atoms with Gasteiger partial charge in [0.25, 0.3) is 5.91 Å². The minimum atomic E-state index is -0.658. The van der Waals surface area contributed by atoms with Crippen LogP contribution in [-0.4, -0.2) is 51.8 Å². The second kappa shape index (κ2) is 12.3. The van der Waals surface area contributed by atoms with Gasteiger partial charge in [0.1, 0.15) is 11.5 Å². The molecule has 0 heterocycles. The summed E-state index contributed by atoms with van der Waals surface area (Å²) in [5, 5.41) is 2.56. The van der Waals surface area contributed by atoms with Crippen LogP contribution < -0.4 is 14.8 Å². The Morgan fingerprint density at radius 3 is 2.56 bits per heavy atom. The SMILES string of the molecule is CCOC(=O)CCCNC(=O)COC(=O)C=Cc1ccc(OC)cc1OC. The molecule has 8 nitrogen and oxygen atoms in total. The maximum Gasteiger partial charge on any atom is 0.331 e. The van der Waals surface area contributed by atoms with Gasteiger partial charge in [0.15, 0.2) is 6.61 Å². The van der Waals surface area contributed by atoms with Crippen LogP contribution in [0.4, 0.5) is 0 Å². The van der Waals surface area contributed by atoms with Crippen LogP contribution in [0.25, 0.3) is 6.08 Å². The second-order valence-corrected chi connectivity index (χ2v) is 5.31. The van der Waals surface area contributed by atoms with Crippen molar-refractivity contribution in [2.75, 3.05) is 34.0 Å². The highest BCUT2D eigenvalue weighted by molar-refractivity contribution is 5.89. The maximum atomic E-state index is 11.7. The van der Waals surface area contributed by atoms with Gasteiger partial charge in [-0.05, 0) is 31.6 Å². The highest BCUT2D eigenvalue weighted by Crippen LogP contribution is 2.25. The van der Waals surface area contributed by atoms with Crippen molar-refractivity contribution in [2.24, 2.45) is 0 Å². The van der Waals surface area contributed by atoms with Gasteiger partial charge in [-0.1, -0.05) is 0 Å². The number of rotatable bonds is 11. The van der Waals surface area contributed by atoms with Crippen molar-refractivity contribution in [2.45, 2.75) is 19.8 Å². The van der Waals surface area contributed by atoms with E-state index in [-0.39, 0.29) is 12.4 Å². The summed E-state index contributed by atoms with van der Waals surface area (Å²) >= 11 is 0. The Bertz CT molecular complexity index is 670. The molecule has 0 fully saturated rings. The number of amides is 1. The lowest BCUT2D eigenvalue weighted by atomic mass is 10.2. The van der Waals surface area contributed by atoms with Crippen molar-refractivity contribution >= 4 is 23.9 Å². The predicted octanol–water partition coefficient (Wildman–Crippen LogP) is 1.72. The fraction of sp³-hybridized carbons (Fsp3) is 0.421. The first-order valence-electron chi connectivity index (χ1n) is 8.49. The number of benzene rings is 1. The van der Waals surface area contributed by atoms with E-state index in [1.165, 1.54) is 19.3 Å². The Balaban J connectivity index is 2.35. The molecule has 0 aliphatic rings. The predicted molar refractivity (Wildman–Crippen MR) is 98.4 cm³/mol. The van der Waals surface area contributed by atoms with E-state index in [0.717, 1.165) is 0 Å². The standard InChI is InChI=1S/C19H25NO7/c1-4-26-18(22)6-5-11-20-17(21)13-27-19(23)10-8-14-7-9-15(24-2)12-16(14)25-3/h7-10,12H,4-6,11,13H2,1-3H3,(H,20,21). The molecule has 0 aliphatic carbocycles. The molecule has 1 aromatic carbocycles. The molecule has 1 amide bonds. The minimum Gasteiger partial charge on any atom is -0.497 e. The van der Waals surface area contributed by atoms with Gasteiger partial charge in [0.2, 0.25) is 0 Å². The number of ether oxygens (including phenoxy) is 4. The minimum absolute atomic E-state index is 0.223. The van der Waals surface area contributed by atoms with Crippen LogP contribution in [0.3, 0.4) is 0 Å². The number of nitrogens with one attached hydrogen (secondary N) is 1. The third-order valence-corrected chi connectivity index (χ3v) is 3.37. The van der Waals surface area contributed by atoms with Crippen LogP contribution in [-0.2, 0) is 23.9 Å². The monoisotopic (exact) mass is 379 g/mol. The molecule has 0 radical (unpaired) electrons. The van der Waals surface area contributed by atoms with Gasteiger partial charge in [-0.25, -0.2) is 4.79 Å². The zero-order valence-electron chi connectivity index (χ0n) is 15.8. The van der Waals surface area contributed by atoms with Gasteiger partial charge >= 0.3 is 11.9 Å². The Morgan fingerprint density at radius 2 is 1.89 bits per heavy atom. The van der Waals surface area contributed by atoms with E-state index in [0.29, 0.717) is 36.6 Å². The summed E-state index contributed by atoms with van der Waals surface area (Å²) in [7, 11) is 3.06. The molecule has 8 heteroatoms. The number of hydrogen-bond acceptors (Lipinski definition) is 7. The van der Waals surface area contributed by atoms with Gasteiger partial charge in [-0.3, -0.25) is 9.59 Å². The summed E-state index contributed by atoms with van der Waals surface area (Å²) in [6.07, 6.45) is 3.41. The second-order valence-electron chi connectivity index (χ2n) is 5.31. The summed E-state index contributed by atoms with van der Waals surface area (Å²) in [4.78, 5) is 34.5. The van der Waals surface area contributed by atoms with Crippen LogP contribution in [0.1, 0.15) is 25.3 Å². The Kier molecular flexibility index (Phi) is 10.1. The summed E-state index contributed by atoms with van der Waals surface area (Å²) in [5.41, 5.74) is 0.665. The molecule has 0 spiro atoms. The van der Waals surface area contributed by atoms with Crippen molar-refractivity contribution in [1.29, 1.82) is 0 Å². The fourth-order valence-electron chi connectivity index (χ4n) is 2.04. The molecule has 27 heavy (non-hydrogen) atoms. The van der Waals surface area contributed by atoms with Crippen molar-refractivity contribution in [3.05, 3.63) is 29.8 Å². The zero-order chi connectivity index (χ0) is 20.1. The quantitative estimate of drug-likeness (QED) is 0.355. The average Bonchev–Trinajstić information content (AvgIpc) is 2.68. The van der Waals surface area contributed by atoms with Gasteiger partial charge in [-0.2, -0.15) is 0 Å². The lowest BCUT2D eigenvalue weighted by Crippen LogP contribution is -2.29. The molecule has 1 aromatic rings. The molecule has 0 aliphatic heterocycles. The van der Waals surface area contributed by atoms with E-state index < -0.39 is 18.5 Å². The number of carbonyl (C=O) groups is 3. The van der Waals surface area contributed by atoms with Gasteiger partial charge in [-0.15, -0.1) is 0 Å². The summed E-state index contributed by atoms with van der Waals surface area (Å²) in [6.45, 7) is 1.96. The van der Waals surface area contributed by atoms with Crippen molar-refractivity contribution < 1.29 is 33.3 Å². The van der Waals surface area contributed by atoms with Crippen LogP contribution in [0.15, 0.2) is 24.3 Å². The third-order valence-electron chi connectivity index (χ3n) is 3.37. The van der Waals surface area contributed by atoms with E-state index >= 15 is 0 Å². The van der Waals surface area contributed by atoms with Gasteiger partial charge in [0.05, 0.1) is 20.8 Å². The van der Waals surface area contributed by atoms with Crippen LogP contribution in [0, 0.1) is 0 Å². The van der Waals surface area contributed by atoms with Gasteiger partial charge < -0.3 is 24.3 Å². The molecule has 0 bridgehead atoms.